The van der Waals surface area contributed by atoms with Crippen molar-refractivity contribution in [2.24, 2.45) is 5.73 Å². The Bertz CT molecular complexity index is 565. The van der Waals surface area contributed by atoms with Gasteiger partial charge in [0.2, 0.25) is 0 Å². The van der Waals surface area contributed by atoms with E-state index in [4.69, 9.17) is 10.5 Å². The van der Waals surface area contributed by atoms with Gasteiger partial charge in [0.15, 0.2) is 5.78 Å². The van der Waals surface area contributed by atoms with Gasteiger partial charge >= 0.3 is 0 Å². The monoisotopic (exact) mass is 256 g/mol. The van der Waals surface area contributed by atoms with Gasteiger partial charge in [0.25, 0.3) is 0 Å². The topological polar surface area (TPSA) is 65.2 Å². The lowest BCUT2D eigenvalue weighted by molar-refractivity contribution is 0.103. The third-order valence-corrected chi connectivity index (χ3v) is 2.86. The summed E-state index contributed by atoms with van der Waals surface area (Å²) in [6, 6.07) is 9.16. The molecule has 0 saturated carbocycles. The lowest BCUT2D eigenvalue weighted by Crippen LogP contribution is -2.05. The van der Waals surface area contributed by atoms with Crippen LogP contribution >= 0.6 is 0 Å². The fourth-order valence-corrected chi connectivity index (χ4v) is 1.81. The molecule has 4 heteroatoms. The second-order valence-electron chi connectivity index (χ2n) is 4.18. The minimum Gasteiger partial charge on any atom is -0.495 e. The third-order valence-electron chi connectivity index (χ3n) is 2.86. The van der Waals surface area contributed by atoms with Gasteiger partial charge in [0.1, 0.15) is 5.75 Å². The van der Waals surface area contributed by atoms with Crippen LogP contribution in [0.4, 0.5) is 0 Å². The van der Waals surface area contributed by atoms with Crippen molar-refractivity contribution in [3.8, 4) is 5.75 Å². The molecule has 0 aliphatic rings. The SMILES string of the molecule is COc1cncc(C(=O)c2ccc(CCN)cc2)c1. The number of pyridine rings is 1. The van der Waals surface area contributed by atoms with Crippen molar-refractivity contribution in [1.29, 1.82) is 0 Å². The van der Waals surface area contributed by atoms with Crippen LogP contribution in [-0.2, 0) is 6.42 Å². The summed E-state index contributed by atoms with van der Waals surface area (Å²) in [4.78, 5) is 16.3. The highest BCUT2D eigenvalue weighted by atomic mass is 16.5. The lowest BCUT2D eigenvalue weighted by atomic mass is 10.0. The summed E-state index contributed by atoms with van der Waals surface area (Å²) in [6.07, 6.45) is 3.93. The summed E-state index contributed by atoms with van der Waals surface area (Å²) in [7, 11) is 1.55. The minimum absolute atomic E-state index is 0.0642. The third kappa shape index (κ3) is 3.17. The molecule has 1 heterocycles. The summed E-state index contributed by atoms with van der Waals surface area (Å²) in [6.45, 7) is 0.604. The Labute approximate surface area is 112 Å². The van der Waals surface area contributed by atoms with Crippen LogP contribution < -0.4 is 10.5 Å². The Morgan fingerprint density at radius 2 is 1.95 bits per heavy atom. The fourth-order valence-electron chi connectivity index (χ4n) is 1.81. The fraction of sp³-hybridized carbons (Fsp3) is 0.200. The maximum atomic E-state index is 12.3. The average Bonchev–Trinajstić information content (AvgIpc) is 2.48. The van der Waals surface area contributed by atoms with E-state index in [0.717, 1.165) is 12.0 Å². The van der Waals surface area contributed by atoms with Gasteiger partial charge in [-0.15, -0.1) is 0 Å². The number of hydrogen-bond donors (Lipinski definition) is 1. The number of carbonyl (C=O) groups excluding carboxylic acids is 1. The van der Waals surface area contributed by atoms with E-state index in [-0.39, 0.29) is 5.78 Å². The van der Waals surface area contributed by atoms with E-state index in [9.17, 15) is 4.79 Å². The van der Waals surface area contributed by atoms with Crippen LogP contribution in [-0.4, -0.2) is 24.4 Å². The normalized spacial score (nSPS) is 10.2. The van der Waals surface area contributed by atoms with Gasteiger partial charge in [-0.25, -0.2) is 0 Å². The Morgan fingerprint density at radius 1 is 1.21 bits per heavy atom. The Kier molecular flexibility index (Phi) is 4.26. The molecule has 0 spiro atoms. The molecule has 2 aromatic rings. The molecule has 1 aromatic carbocycles. The molecule has 0 saturated heterocycles. The first-order valence-corrected chi connectivity index (χ1v) is 6.07. The van der Waals surface area contributed by atoms with Gasteiger partial charge in [0.05, 0.1) is 13.3 Å². The van der Waals surface area contributed by atoms with Gasteiger partial charge in [-0.05, 0) is 24.6 Å². The number of nitrogens with two attached hydrogens (primary N) is 1. The Morgan fingerprint density at radius 3 is 2.58 bits per heavy atom. The number of benzene rings is 1. The average molecular weight is 256 g/mol. The van der Waals surface area contributed by atoms with Crippen molar-refractivity contribution < 1.29 is 9.53 Å². The van der Waals surface area contributed by atoms with E-state index < -0.39 is 0 Å². The maximum Gasteiger partial charge on any atom is 0.194 e. The number of nitrogens with zero attached hydrogens (tertiary/aromatic N) is 1. The van der Waals surface area contributed by atoms with Crippen LogP contribution in [0.1, 0.15) is 21.5 Å². The first-order valence-electron chi connectivity index (χ1n) is 6.07. The first-order chi connectivity index (χ1) is 9.24. The molecular weight excluding hydrogens is 240 g/mol. The quantitative estimate of drug-likeness (QED) is 0.829. The van der Waals surface area contributed by atoms with E-state index in [2.05, 4.69) is 4.98 Å². The number of ketones is 1. The zero-order valence-corrected chi connectivity index (χ0v) is 10.8. The van der Waals surface area contributed by atoms with Crippen LogP contribution in [0, 0.1) is 0 Å². The molecule has 19 heavy (non-hydrogen) atoms. The molecule has 98 valence electrons. The number of methoxy groups -OCH3 is 1. The zero-order chi connectivity index (χ0) is 13.7. The molecule has 0 fully saturated rings. The summed E-state index contributed by atoms with van der Waals surface area (Å²) < 4.78 is 5.06. The molecule has 1 aromatic heterocycles. The Hall–Kier alpha value is -2.20. The van der Waals surface area contributed by atoms with Crippen LogP contribution in [0.15, 0.2) is 42.7 Å². The minimum atomic E-state index is -0.0642. The summed E-state index contributed by atoms with van der Waals surface area (Å²) >= 11 is 0. The van der Waals surface area contributed by atoms with Crippen LogP contribution in [0.3, 0.4) is 0 Å². The summed E-state index contributed by atoms with van der Waals surface area (Å²) in [5, 5.41) is 0. The molecule has 0 aliphatic carbocycles. The second kappa shape index (κ2) is 6.11. The molecule has 0 bridgehead atoms. The first kappa shape index (κ1) is 13.2. The molecule has 2 N–H and O–H groups in total. The molecule has 0 radical (unpaired) electrons. The van der Waals surface area contributed by atoms with Gasteiger partial charge in [0, 0.05) is 17.3 Å². The molecule has 4 nitrogen and oxygen atoms in total. The van der Waals surface area contributed by atoms with Crippen molar-refractivity contribution in [2.75, 3.05) is 13.7 Å². The number of carbonyl (C=O) groups is 1. The molecule has 2 rings (SSSR count). The zero-order valence-electron chi connectivity index (χ0n) is 10.8. The summed E-state index contributed by atoms with van der Waals surface area (Å²) in [5.74, 6) is 0.510. The smallest absolute Gasteiger partial charge is 0.194 e. The standard InChI is InChI=1S/C15H16N2O2/c1-19-14-8-13(9-17-10-14)15(18)12-4-2-11(3-5-12)6-7-16/h2-5,8-10H,6-7,16H2,1H3. The number of ether oxygens (including phenoxy) is 1. The van der Waals surface area contributed by atoms with Crippen molar-refractivity contribution in [3.63, 3.8) is 0 Å². The largest absolute Gasteiger partial charge is 0.495 e. The number of rotatable bonds is 5. The molecule has 0 amide bonds. The van der Waals surface area contributed by atoms with Crippen molar-refractivity contribution in [1.82, 2.24) is 4.98 Å². The highest BCUT2D eigenvalue weighted by Gasteiger charge is 2.10. The second-order valence-corrected chi connectivity index (χ2v) is 4.18. The van der Waals surface area contributed by atoms with Gasteiger partial charge < -0.3 is 10.5 Å². The molecule has 0 atom stereocenters. The molecular formula is C15H16N2O2. The van der Waals surface area contributed by atoms with Crippen molar-refractivity contribution in [2.45, 2.75) is 6.42 Å². The highest BCUT2D eigenvalue weighted by Crippen LogP contribution is 2.15. The summed E-state index contributed by atoms with van der Waals surface area (Å²) in [5.41, 5.74) is 7.77. The number of aromatic nitrogens is 1. The van der Waals surface area contributed by atoms with E-state index in [1.807, 2.05) is 24.3 Å². The van der Waals surface area contributed by atoms with E-state index >= 15 is 0 Å². The van der Waals surface area contributed by atoms with E-state index in [1.54, 1.807) is 25.6 Å². The van der Waals surface area contributed by atoms with E-state index in [1.165, 1.54) is 0 Å². The molecule has 0 unspecified atom stereocenters. The van der Waals surface area contributed by atoms with Crippen LogP contribution in [0.2, 0.25) is 0 Å². The maximum absolute atomic E-state index is 12.3. The predicted molar refractivity (Wildman–Crippen MR) is 73.4 cm³/mol. The van der Waals surface area contributed by atoms with Gasteiger partial charge in [-0.2, -0.15) is 0 Å². The van der Waals surface area contributed by atoms with Crippen molar-refractivity contribution in [3.05, 3.63) is 59.4 Å². The van der Waals surface area contributed by atoms with Crippen LogP contribution in [0.25, 0.3) is 0 Å². The van der Waals surface area contributed by atoms with E-state index in [0.29, 0.717) is 23.4 Å². The van der Waals surface area contributed by atoms with Crippen LogP contribution in [0.5, 0.6) is 5.75 Å². The highest BCUT2D eigenvalue weighted by molar-refractivity contribution is 6.08. The van der Waals surface area contributed by atoms with Gasteiger partial charge in [-0.3, -0.25) is 9.78 Å². The van der Waals surface area contributed by atoms with Gasteiger partial charge in [-0.1, -0.05) is 24.3 Å². The predicted octanol–water partition coefficient (Wildman–Crippen LogP) is 1.82. The Balaban J connectivity index is 2.22. The number of hydrogen-bond acceptors (Lipinski definition) is 4. The van der Waals surface area contributed by atoms with Crippen molar-refractivity contribution >= 4 is 5.78 Å². The lowest BCUT2D eigenvalue weighted by Gasteiger charge is -2.04. The molecule has 0 aliphatic heterocycles.